The Balaban J connectivity index is 4.19. The van der Waals surface area contributed by atoms with Crippen LogP contribution in [0.3, 0.4) is 0 Å². The van der Waals surface area contributed by atoms with Crippen LogP contribution in [0.25, 0.3) is 0 Å². The van der Waals surface area contributed by atoms with Gasteiger partial charge >= 0.3 is 0 Å². The minimum absolute atomic E-state index is 0.0726. The number of alkyl halides is 1. The van der Waals surface area contributed by atoms with Crippen molar-refractivity contribution < 1.29 is 18.9 Å². The lowest BCUT2D eigenvalue weighted by atomic mass is 9.99. The highest BCUT2D eigenvalue weighted by atomic mass is 127. The Morgan fingerprint density at radius 2 is 1.75 bits per heavy atom. The van der Waals surface area contributed by atoms with E-state index in [1.165, 1.54) is 0 Å². The van der Waals surface area contributed by atoms with Gasteiger partial charge in [-0.1, -0.05) is 35.6 Å². The molecule has 0 aliphatic rings. The molecule has 0 saturated heterocycles. The Morgan fingerprint density at radius 1 is 1.19 bits per heavy atom. The lowest BCUT2D eigenvalue weighted by Gasteiger charge is -2.27. The normalized spacial score (nSPS) is 16.8. The zero-order chi connectivity index (χ0) is 12.4. The van der Waals surface area contributed by atoms with Gasteiger partial charge in [0.05, 0.1) is 12.2 Å². The van der Waals surface area contributed by atoms with Gasteiger partial charge in [0.1, 0.15) is 13.6 Å². The first-order valence-electron chi connectivity index (χ1n) is 5.10. The summed E-state index contributed by atoms with van der Waals surface area (Å²) in [6.45, 7) is 6.39. The van der Waals surface area contributed by atoms with E-state index in [2.05, 4.69) is 36.1 Å². The fourth-order valence-electron chi connectivity index (χ4n) is 1.28. The minimum atomic E-state index is -0.0726. The van der Waals surface area contributed by atoms with E-state index in [1.54, 1.807) is 20.3 Å². The Labute approximate surface area is 111 Å². The molecular weight excluding hydrogens is 323 g/mol. The quantitative estimate of drug-likeness (QED) is 0.264. The third-order valence-corrected chi connectivity index (χ3v) is 3.14. The SMILES string of the molecule is C=C[C@@H](OCOC)[C@H](C)[C@@H](CI)OCOC. The molecule has 0 aromatic heterocycles. The predicted octanol–water partition coefficient (Wildman–Crippen LogP) is 2.22. The van der Waals surface area contributed by atoms with E-state index in [1.807, 2.05) is 0 Å². The molecule has 0 aliphatic carbocycles. The third-order valence-electron chi connectivity index (χ3n) is 2.27. The molecule has 0 rings (SSSR count). The lowest BCUT2D eigenvalue weighted by Crippen LogP contribution is -2.34. The molecule has 0 aliphatic heterocycles. The molecule has 96 valence electrons. The van der Waals surface area contributed by atoms with Crippen LogP contribution in [0.4, 0.5) is 0 Å². The van der Waals surface area contributed by atoms with E-state index in [4.69, 9.17) is 18.9 Å². The van der Waals surface area contributed by atoms with Crippen molar-refractivity contribution in [3.05, 3.63) is 12.7 Å². The molecule has 0 amide bonds. The second-order valence-corrected chi connectivity index (χ2v) is 4.28. The molecule has 0 saturated carbocycles. The topological polar surface area (TPSA) is 36.9 Å². The van der Waals surface area contributed by atoms with Crippen molar-refractivity contribution in [2.45, 2.75) is 19.1 Å². The number of halogens is 1. The van der Waals surface area contributed by atoms with Gasteiger partial charge in [-0.15, -0.1) is 6.58 Å². The summed E-state index contributed by atoms with van der Waals surface area (Å²) in [5.41, 5.74) is 0. The van der Waals surface area contributed by atoms with Gasteiger partial charge in [0.2, 0.25) is 0 Å². The molecule has 0 fully saturated rings. The van der Waals surface area contributed by atoms with Gasteiger partial charge in [-0.05, 0) is 0 Å². The van der Waals surface area contributed by atoms with Crippen molar-refractivity contribution in [3.63, 3.8) is 0 Å². The van der Waals surface area contributed by atoms with Crippen molar-refractivity contribution in [1.82, 2.24) is 0 Å². The van der Waals surface area contributed by atoms with Crippen LogP contribution in [0, 0.1) is 5.92 Å². The molecule has 0 heterocycles. The Morgan fingerprint density at radius 3 is 2.19 bits per heavy atom. The fraction of sp³-hybridized carbons (Fsp3) is 0.818. The second kappa shape index (κ2) is 10.5. The molecule has 0 bridgehead atoms. The summed E-state index contributed by atoms with van der Waals surface area (Å²) in [6, 6.07) is 0. The summed E-state index contributed by atoms with van der Waals surface area (Å²) < 4.78 is 21.7. The summed E-state index contributed by atoms with van der Waals surface area (Å²) >= 11 is 2.29. The second-order valence-electron chi connectivity index (χ2n) is 3.40. The molecule has 0 aromatic rings. The molecule has 16 heavy (non-hydrogen) atoms. The molecule has 0 aromatic carbocycles. The third kappa shape index (κ3) is 6.15. The maximum Gasteiger partial charge on any atom is 0.147 e. The number of hydrogen-bond donors (Lipinski definition) is 0. The van der Waals surface area contributed by atoms with E-state index in [0.717, 1.165) is 4.43 Å². The fourth-order valence-corrected chi connectivity index (χ4v) is 2.34. The lowest BCUT2D eigenvalue weighted by molar-refractivity contribution is -0.120. The van der Waals surface area contributed by atoms with E-state index >= 15 is 0 Å². The number of methoxy groups -OCH3 is 2. The van der Waals surface area contributed by atoms with Crippen LogP contribution in [-0.2, 0) is 18.9 Å². The van der Waals surface area contributed by atoms with Crippen molar-refractivity contribution in [2.24, 2.45) is 5.92 Å². The average Bonchev–Trinajstić information content (AvgIpc) is 2.31. The summed E-state index contributed by atoms with van der Waals surface area (Å²) in [5.74, 6) is 0.208. The van der Waals surface area contributed by atoms with Crippen molar-refractivity contribution in [3.8, 4) is 0 Å². The van der Waals surface area contributed by atoms with Gasteiger partial charge in [0.25, 0.3) is 0 Å². The molecule has 0 N–H and O–H groups in total. The smallest absolute Gasteiger partial charge is 0.147 e. The minimum Gasteiger partial charge on any atom is -0.359 e. The van der Waals surface area contributed by atoms with Gasteiger partial charge in [-0.25, -0.2) is 0 Å². The number of ether oxygens (including phenoxy) is 4. The van der Waals surface area contributed by atoms with Gasteiger partial charge < -0.3 is 18.9 Å². The van der Waals surface area contributed by atoms with E-state index < -0.39 is 0 Å². The van der Waals surface area contributed by atoms with Crippen molar-refractivity contribution in [2.75, 3.05) is 32.2 Å². The molecule has 0 spiro atoms. The number of rotatable bonds is 10. The molecule has 3 atom stereocenters. The maximum absolute atomic E-state index is 5.57. The first kappa shape index (κ1) is 16.3. The highest BCUT2D eigenvalue weighted by Gasteiger charge is 2.24. The predicted molar refractivity (Wildman–Crippen MR) is 71.7 cm³/mol. The summed E-state index contributed by atoms with van der Waals surface area (Å²) in [7, 11) is 3.21. The number of hydrogen-bond acceptors (Lipinski definition) is 4. The van der Waals surface area contributed by atoms with E-state index in [9.17, 15) is 0 Å². The van der Waals surface area contributed by atoms with Crippen LogP contribution >= 0.6 is 22.6 Å². The van der Waals surface area contributed by atoms with Gasteiger partial charge in [-0.3, -0.25) is 0 Å². The van der Waals surface area contributed by atoms with Crippen LogP contribution in [0.15, 0.2) is 12.7 Å². The van der Waals surface area contributed by atoms with Crippen LogP contribution in [-0.4, -0.2) is 44.4 Å². The summed E-state index contributed by atoms with van der Waals surface area (Å²) in [6.07, 6.45) is 1.79. The highest BCUT2D eigenvalue weighted by molar-refractivity contribution is 14.1. The highest BCUT2D eigenvalue weighted by Crippen LogP contribution is 2.18. The standard InChI is InChI=1S/C11H21IO4/c1-5-10(15-7-13-3)9(2)11(6-12)16-8-14-4/h5,9-11H,1,6-8H2,2-4H3/t9-,10+,11+/m0/s1. The Kier molecular flexibility index (Phi) is 10.7. The summed E-state index contributed by atoms with van der Waals surface area (Å²) in [5, 5.41) is 0. The first-order chi connectivity index (χ1) is 7.71. The van der Waals surface area contributed by atoms with Crippen LogP contribution in [0.2, 0.25) is 0 Å². The molecule has 0 radical (unpaired) electrons. The van der Waals surface area contributed by atoms with Crippen molar-refractivity contribution >= 4 is 22.6 Å². The van der Waals surface area contributed by atoms with Gasteiger partial charge in [0.15, 0.2) is 0 Å². The van der Waals surface area contributed by atoms with E-state index in [-0.39, 0.29) is 24.9 Å². The molecular formula is C11H21IO4. The monoisotopic (exact) mass is 344 g/mol. The van der Waals surface area contributed by atoms with Crippen LogP contribution < -0.4 is 0 Å². The van der Waals surface area contributed by atoms with Crippen molar-refractivity contribution in [1.29, 1.82) is 0 Å². The zero-order valence-electron chi connectivity index (χ0n) is 10.1. The van der Waals surface area contributed by atoms with Gasteiger partial charge in [-0.2, -0.15) is 0 Å². The molecule has 4 nitrogen and oxygen atoms in total. The Bertz CT molecular complexity index is 177. The zero-order valence-corrected chi connectivity index (χ0v) is 12.3. The summed E-state index contributed by atoms with van der Waals surface area (Å²) in [4.78, 5) is 0. The van der Waals surface area contributed by atoms with E-state index in [0.29, 0.717) is 6.79 Å². The van der Waals surface area contributed by atoms with Crippen LogP contribution in [0.5, 0.6) is 0 Å². The van der Waals surface area contributed by atoms with Crippen LogP contribution in [0.1, 0.15) is 6.92 Å². The molecule has 0 unspecified atom stereocenters. The molecule has 5 heteroatoms. The maximum atomic E-state index is 5.57. The average molecular weight is 344 g/mol. The van der Waals surface area contributed by atoms with Gasteiger partial charge in [0, 0.05) is 24.6 Å². The Hall–Kier alpha value is 0.310. The first-order valence-corrected chi connectivity index (χ1v) is 6.63. The largest absolute Gasteiger partial charge is 0.359 e.